The van der Waals surface area contributed by atoms with Gasteiger partial charge < -0.3 is 0 Å². The van der Waals surface area contributed by atoms with Crippen LogP contribution in [0.4, 0.5) is 0 Å². The van der Waals surface area contributed by atoms with Gasteiger partial charge >= 0.3 is 0 Å². The lowest BCUT2D eigenvalue weighted by Gasteiger charge is -2.59. The van der Waals surface area contributed by atoms with Gasteiger partial charge in [-0.25, -0.2) is 9.97 Å². The van der Waals surface area contributed by atoms with Crippen molar-refractivity contribution in [2.45, 2.75) is 55.4 Å². The summed E-state index contributed by atoms with van der Waals surface area (Å²) in [6, 6.07) is 50.7. The van der Waals surface area contributed by atoms with Gasteiger partial charge in [0.25, 0.3) is 0 Å². The molecule has 2 aromatic carbocycles. The lowest BCUT2D eigenvalue weighted by Crippen LogP contribution is -2.49. The number of rotatable bonds is 8. The second-order valence-corrected chi connectivity index (χ2v) is 22.4. The number of pyridine rings is 6. The number of aromatic nitrogens is 6. The third kappa shape index (κ3) is 7.97. The van der Waals surface area contributed by atoms with Crippen LogP contribution in [0, 0.1) is 21.7 Å². The van der Waals surface area contributed by atoms with Gasteiger partial charge in [0, 0.05) is 35.6 Å². The van der Waals surface area contributed by atoms with E-state index < -0.39 is 0 Å². The third-order valence-electron chi connectivity index (χ3n) is 15.8. The van der Waals surface area contributed by atoms with Crippen LogP contribution < -0.4 is 0 Å². The molecule has 8 aromatic rings. The molecular weight excluding hydrogens is 901 g/mol. The average Bonchev–Trinajstić information content (AvgIpc) is 3.42. The maximum absolute atomic E-state index is 5.05. The van der Waals surface area contributed by atoms with Crippen LogP contribution in [0.25, 0.3) is 79.0 Å². The molecule has 0 radical (unpaired) electrons. The summed E-state index contributed by atoms with van der Waals surface area (Å²) in [4.78, 5) is 28.8. The molecule has 0 bridgehead atoms. The fourth-order valence-corrected chi connectivity index (χ4v) is 11.3. The Balaban J connectivity index is 0.990. The van der Waals surface area contributed by atoms with Gasteiger partial charge in [-0.2, -0.15) is 0 Å². The van der Waals surface area contributed by atoms with E-state index in [2.05, 4.69) is 185 Å². The topological polar surface area (TPSA) is 77.3 Å². The average molecular weight is 959 g/mol. The van der Waals surface area contributed by atoms with E-state index >= 15 is 0 Å². The summed E-state index contributed by atoms with van der Waals surface area (Å²) in [6.07, 6.45) is 22.4. The highest BCUT2D eigenvalue weighted by Crippen LogP contribution is 2.70. The van der Waals surface area contributed by atoms with Gasteiger partial charge in [-0.1, -0.05) is 152 Å². The van der Waals surface area contributed by atoms with E-state index in [0.717, 1.165) is 67.8 Å². The molecule has 74 heavy (non-hydrogen) atoms. The molecule has 12 rings (SSSR count). The molecule has 4 aliphatic rings. The summed E-state index contributed by atoms with van der Waals surface area (Å²) in [5.74, 6) is 0. The highest BCUT2D eigenvalue weighted by Gasteiger charge is 2.59. The van der Waals surface area contributed by atoms with Gasteiger partial charge in [-0.15, -0.1) is 0 Å². The van der Waals surface area contributed by atoms with Crippen molar-refractivity contribution in [3.63, 3.8) is 0 Å². The summed E-state index contributed by atoms with van der Waals surface area (Å²) < 4.78 is 0. The van der Waals surface area contributed by atoms with Gasteiger partial charge in [0.1, 0.15) is 0 Å². The minimum atomic E-state index is -0.379. The summed E-state index contributed by atoms with van der Waals surface area (Å²) in [6.45, 7) is 19.0. The van der Waals surface area contributed by atoms with Crippen LogP contribution in [0.5, 0.6) is 0 Å². The number of allylic oxidation sites excluding steroid dienone is 14. The van der Waals surface area contributed by atoms with Crippen LogP contribution in [0.1, 0.15) is 66.5 Å². The Hall–Kier alpha value is -8.48. The Morgan fingerprint density at radius 2 is 0.730 bits per heavy atom. The van der Waals surface area contributed by atoms with Crippen LogP contribution in [0.2, 0.25) is 0 Å². The second-order valence-electron chi connectivity index (χ2n) is 22.4. The van der Waals surface area contributed by atoms with Crippen molar-refractivity contribution in [3.05, 3.63) is 251 Å². The van der Waals surface area contributed by atoms with Gasteiger partial charge in [-0.05, 0) is 174 Å². The van der Waals surface area contributed by atoms with Crippen molar-refractivity contribution >= 4 is 11.1 Å². The SMILES string of the molecule is CC(C)(C)C1=CC2=CC(c3ccc(-c4cc(-c5ccccn5)nc(-c5ccccn5)c4)cc3)=C3C=C(C(C)(C)C)C=C4C=C(c5ccc(-c6cc(-c7ccccn7)nc(-c7ccccn7)c6)cc5)C(=C1)[C@@]2(C)[C@]43C. The first-order chi connectivity index (χ1) is 35.6. The van der Waals surface area contributed by atoms with E-state index in [4.69, 9.17) is 9.97 Å². The van der Waals surface area contributed by atoms with Crippen LogP contribution in [0.15, 0.2) is 240 Å². The van der Waals surface area contributed by atoms with E-state index in [1.807, 2.05) is 97.6 Å². The Labute approximate surface area is 435 Å². The van der Waals surface area contributed by atoms with Crippen LogP contribution >= 0.6 is 0 Å². The zero-order chi connectivity index (χ0) is 51.0. The highest BCUT2D eigenvalue weighted by molar-refractivity contribution is 5.95. The maximum atomic E-state index is 5.05. The zero-order valence-electron chi connectivity index (χ0n) is 43.3. The Kier molecular flexibility index (Phi) is 11.1. The minimum absolute atomic E-state index is 0.0936. The zero-order valence-corrected chi connectivity index (χ0v) is 43.3. The van der Waals surface area contributed by atoms with Gasteiger partial charge in [0.15, 0.2) is 0 Å². The van der Waals surface area contributed by atoms with Gasteiger partial charge in [0.2, 0.25) is 0 Å². The van der Waals surface area contributed by atoms with Crippen molar-refractivity contribution in [3.8, 4) is 67.8 Å². The highest BCUT2D eigenvalue weighted by atomic mass is 14.8. The third-order valence-corrected chi connectivity index (χ3v) is 15.8. The smallest absolute Gasteiger partial charge is 0.0900 e. The first kappa shape index (κ1) is 46.6. The summed E-state index contributed by atoms with van der Waals surface area (Å²) in [7, 11) is 0. The largest absolute Gasteiger partial charge is 0.255 e. The first-order valence-corrected chi connectivity index (χ1v) is 25.6. The minimum Gasteiger partial charge on any atom is -0.255 e. The molecule has 6 aromatic heterocycles. The fourth-order valence-electron chi connectivity index (χ4n) is 11.3. The molecule has 0 fully saturated rings. The molecule has 0 saturated carbocycles. The normalized spacial score (nSPS) is 19.1. The molecule has 360 valence electrons. The predicted octanol–water partition coefficient (Wildman–Crippen LogP) is 16.7. The maximum Gasteiger partial charge on any atom is 0.0900 e. The summed E-state index contributed by atoms with van der Waals surface area (Å²) >= 11 is 0. The van der Waals surface area contributed by atoms with E-state index in [0.29, 0.717) is 0 Å². The lowest BCUT2D eigenvalue weighted by molar-refractivity contribution is 0.249. The Bertz CT molecular complexity index is 3640. The summed E-state index contributed by atoms with van der Waals surface area (Å²) in [5, 5.41) is 0. The molecule has 6 heteroatoms. The van der Waals surface area contributed by atoms with Gasteiger partial charge in [0.05, 0.1) is 45.6 Å². The van der Waals surface area contributed by atoms with Crippen LogP contribution in [-0.4, -0.2) is 29.9 Å². The molecule has 0 unspecified atom stereocenters. The predicted molar refractivity (Wildman–Crippen MR) is 303 cm³/mol. The van der Waals surface area contributed by atoms with Gasteiger partial charge in [-0.3, -0.25) is 19.9 Å². The Morgan fingerprint density at radius 3 is 1.14 bits per heavy atom. The molecule has 0 aliphatic heterocycles. The lowest BCUT2D eigenvalue weighted by atomic mass is 9.43. The summed E-state index contributed by atoms with van der Waals surface area (Å²) in [5.41, 5.74) is 22.8. The molecule has 0 amide bonds. The number of benzene rings is 2. The molecule has 2 atom stereocenters. The van der Waals surface area contributed by atoms with Crippen molar-refractivity contribution in [2.24, 2.45) is 21.7 Å². The van der Waals surface area contributed by atoms with Crippen molar-refractivity contribution < 1.29 is 0 Å². The van der Waals surface area contributed by atoms with Crippen molar-refractivity contribution in [1.82, 2.24) is 29.9 Å². The van der Waals surface area contributed by atoms with Crippen molar-refractivity contribution in [1.29, 1.82) is 0 Å². The molecule has 4 aliphatic carbocycles. The van der Waals surface area contributed by atoms with E-state index in [1.54, 1.807) is 0 Å². The number of hydrogen-bond acceptors (Lipinski definition) is 6. The molecule has 6 heterocycles. The van der Waals surface area contributed by atoms with E-state index in [9.17, 15) is 0 Å². The second kappa shape index (κ2) is 17.6. The molecule has 6 nitrogen and oxygen atoms in total. The van der Waals surface area contributed by atoms with Crippen molar-refractivity contribution in [2.75, 3.05) is 0 Å². The molecule has 0 N–H and O–H groups in total. The Morgan fingerprint density at radius 1 is 0.338 bits per heavy atom. The van der Waals surface area contributed by atoms with Crippen LogP contribution in [0.3, 0.4) is 0 Å². The molecular formula is C68H58N6. The van der Waals surface area contributed by atoms with E-state index in [1.165, 1.54) is 55.7 Å². The monoisotopic (exact) mass is 958 g/mol. The first-order valence-electron chi connectivity index (χ1n) is 25.6. The van der Waals surface area contributed by atoms with Crippen LogP contribution in [-0.2, 0) is 0 Å². The number of hydrogen-bond donors (Lipinski definition) is 0. The molecule has 0 saturated heterocycles. The number of nitrogens with zero attached hydrogens (tertiary/aromatic N) is 6. The standard InChI is InChI=1S/C68H58N6/c1-65(2,3)49-37-51-39-54(46-27-23-44(24-28-46)48-35-63(59-19-11-15-31-71-59)74-64(36-48)60-20-12-16-32-72-60)56-42-50(66(4,5)6)38-52-40-53(55(41-49)67(51,7)68(52,56)8)45-25-21-43(22-26-45)47-33-61(57-17-9-13-29-69-57)73-62(34-47)58-18-10-14-30-70-58/h9-42H,1-8H3/t67-,68+. The quantitative estimate of drug-likeness (QED) is 0.151. The fraction of sp³-hybridized carbons (Fsp3) is 0.176. The van der Waals surface area contributed by atoms with E-state index in [-0.39, 0.29) is 21.7 Å². The molecule has 0 spiro atoms.